The number of anilines is 3. The number of hydrogen-bond donors (Lipinski definition) is 0. The maximum absolute atomic E-state index is 5.10. The van der Waals surface area contributed by atoms with Gasteiger partial charge >= 0.3 is 0 Å². The number of rotatable bonds is 5. The maximum atomic E-state index is 5.10. The van der Waals surface area contributed by atoms with E-state index in [-0.39, 0.29) is 0 Å². The van der Waals surface area contributed by atoms with E-state index in [9.17, 15) is 0 Å². The number of fused-ring (bicyclic) bond motifs is 5. The molecule has 8 aromatic rings. The van der Waals surface area contributed by atoms with Crippen molar-refractivity contribution in [2.24, 2.45) is 0 Å². The summed E-state index contributed by atoms with van der Waals surface area (Å²) >= 11 is 0. The Balaban J connectivity index is 1.22. The minimum Gasteiger partial charge on any atom is -0.306 e. The van der Waals surface area contributed by atoms with Gasteiger partial charge in [0.1, 0.15) is 0 Å². The van der Waals surface area contributed by atoms with E-state index < -0.39 is 6.89 Å². The van der Waals surface area contributed by atoms with E-state index in [4.69, 9.17) is 11.3 Å². The zero-order valence-electron chi connectivity index (χ0n) is 25.2. The van der Waals surface area contributed by atoms with Crippen molar-refractivity contribution in [3.63, 3.8) is 0 Å². The summed E-state index contributed by atoms with van der Waals surface area (Å²) in [5.74, 6) is 0. The molecule has 2 aromatic heterocycles. The minimum atomic E-state index is -2.11. The van der Waals surface area contributed by atoms with Crippen LogP contribution in [0.1, 0.15) is 0 Å². The van der Waals surface area contributed by atoms with Crippen LogP contribution in [0.5, 0.6) is 0 Å². The minimum absolute atomic E-state index is 0.939. The number of nitrogens with zero attached hydrogens (tertiary/aromatic N) is 3. The molecule has 0 unspecified atom stereocenters. The largest absolute Gasteiger partial charge is 0.306 e. The molecular formula is C42H30N3P. The Morgan fingerprint density at radius 1 is 0.500 bits per heavy atom. The van der Waals surface area contributed by atoms with E-state index in [1.165, 1.54) is 38.1 Å². The fourth-order valence-electron chi connectivity index (χ4n) is 7.06. The second kappa shape index (κ2) is 10.5. The number of pyridine rings is 1. The third kappa shape index (κ3) is 3.96. The molecule has 6 aromatic carbocycles. The summed E-state index contributed by atoms with van der Waals surface area (Å²) in [6.45, 7) is -2.11. The number of benzene rings is 6. The van der Waals surface area contributed by atoms with Gasteiger partial charge < -0.3 is 9.47 Å². The normalized spacial score (nSPS) is 12.4. The van der Waals surface area contributed by atoms with Crippen molar-refractivity contribution < 1.29 is 0 Å². The van der Waals surface area contributed by atoms with E-state index in [0.717, 1.165) is 33.6 Å². The zero-order chi connectivity index (χ0) is 30.7. The summed E-state index contributed by atoms with van der Waals surface area (Å²) in [6.07, 6.45) is 6.95. The quantitative estimate of drug-likeness (QED) is 0.182. The Labute approximate surface area is 268 Å². The smallest absolute Gasteiger partial charge is 0.0783 e. The molecule has 3 heterocycles. The first-order valence-corrected chi connectivity index (χ1v) is 17.5. The molecule has 1 aliphatic heterocycles. The van der Waals surface area contributed by atoms with Crippen LogP contribution in [-0.4, -0.2) is 15.9 Å². The van der Waals surface area contributed by atoms with E-state index in [2.05, 4.69) is 173 Å². The molecule has 0 fully saturated rings. The zero-order valence-corrected chi connectivity index (χ0v) is 26.1. The van der Waals surface area contributed by atoms with Crippen LogP contribution in [0.4, 0.5) is 17.1 Å². The van der Waals surface area contributed by atoms with E-state index >= 15 is 0 Å². The van der Waals surface area contributed by atoms with Gasteiger partial charge in [-0.1, -0.05) is 128 Å². The number of hydrogen-bond acceptors (Lipinski definition) is 2. The van der Waals surface area contributed by atoms with E-state index in [1.54, 1.807) is 0 Å². The standard InChI is InChI=1S/C42H30N3P/c1-46(32-16-7-3-8-17-32,33-18-9-4-10-19-33)34-25-26-37(43-29-34)30-24-27-39-41(28-30)44(31-14-5-2-6-15-31)40-23-13-21-36-35-20-11-12-22-38(35)45(39)42(36)40/h2-29H,1H2. The van der Waals surface area contributed by atoms with Crippen LogP contribution >= 0.6 is 6.89 Å². The van der Waals surface area contributed by atoms with Gasteiger partial charge in [-0.25, -0.2) is 0 Å². The van der Waals surface area contributed by atoms with Crippen LogP contribution in [0.15, 0.2) is 170 Å². The molecule has 1 aliphatic rings. The van der Waals surface area contributed by atoms with E-state index in [0.29, 0.717) is 0 Å². The van der Waals surface area contributed by atoms with Gasteiger partial charge in [0.05, 0.1) is 33.8 Å². The van der Waals surface area contributed by atoms with Gasteiger partial charge in [-0.2, -0.15) is 0 Å². The summed E-state index contributed by atoms with van der Waals surface area (Å²) in [5.41, 5.74) is 9.04. The van der Waals surface area contributed by atoms with Gasteiger partial charge in [-0.15, -0.1) is 0 Å². The fraction of sp³-hybridized carbons (Fsp3) is 0. The third-order valence-electron chi connectivity index (χ3n) is 9.26. The van der Waals surface area contributed by atoms with Crippen molar-refractivity contribution >= 4 is 68.0 Å². The Morgan fingerprint density at radius 3 is 1.85 bits per heavy atom. The van der Waals surface area contributed by atoms with Crippen molar-refractivity contribution in [1.82, 2.24) is 9.55 Å². The average molecular weight is 608 g/mol. The molecule has 0 atom stereocenters. The van der Waals surface area contributed by atoms with Gasteiger partial charge in [0.15, 0.2) is 0 Å². The summed E-state index contributed by atoms with van der Waals surface area (Å²) in [4.78, 5) is 7.49. The molecule has 0 N–H and O–H groups in total. The Morgan fingerprint density at radius 2 is 1.15 bits per heavy atom. The molecule has 0 saturated carbocycles. The molecule has 3 nitrogen and oxygen atoms in total. The lowest BCUT2D eigenvalue weighted by molar-refractivity contribution is 1.11. The fourth-order valence-corrected chi connectivity index (χ4v) is 9.90. The summed E-state index contributed by atoms with van der Waals surface area (Å²) in [5, 5.41) is 6.17. The number of para-hydroxylation sites is 3. The molecule has 218 valence electrons. The molecule has 0 amide bonds. The lowest BCUT2D eigenvalue weighted by Crippen LogP contribution is -2.25. The van der Waals surface area contributed by atoms with Gasteiger partial charge in [-0.05, 0) is 60.0 Å². The van der Waals surface area contributed by atoms with Crippen LogP contribution in [0, 0.1) is 0 Å². The molecular weight excluding hydrogens is 577 g/mol. The highest BCUT2D eigenvalue weighted by molar-refractivity contribution is 7.93. The summed E-state index contributed by atoms with van der Waals surface area (Å²) < 4.78 is 2.43. The highest BCUT2D eigenvalue weighted by Crippen LogP contribution is 2.50. The van der Waals surface area contributed by atoms with Gasteiger partial charge in [0, 0.05) is 33.5 Å². The van der Waals surface area contributed by atoms with Crippen molar-refractivity contribution in [2.45, 2.75) is 0 Å². The second-order valence-electron chi connectivity index (χ2n) is 11.8. The first-order chi connectivity index (χ1) is 22.7. The second-order valence-corrected chi connectivity index (χ2v) is 15.0. The highest BCUT2D eigenvalue weighted by atomic mass is 31.2. The first kappa shape index (κ1) is 26.7. The summed E-state index contributed by atoms with van der Waals surface area (Å²) in [6, 6.07) is 58.5. The molecule has 46 heavy (non-hydrogen) atoms. The molecule has 0 spiro atoms. The van der Waals surface area contributed by atoms with Crippen LogP contribution in [0.2, 0.25) is 0 Å². The van der Waals surface area contributed by atoms with Gasteiger partial charge in [-0.3, -0.25) is 4.98 Å². The molecule has 9 rings (SSSR count). The van der Waals surface area contributed by atoms with Gasteiger partial charge in [0.2, 0.25) is 0 Å². The van der Waals surface area contributed by atoms with Crippen LogP contribution in [0.25, 0.3) is 38.8 Å². The highest BCUT2D eigenvalue weighted by Gasteiger charge is 2.29. The van der Waals surface area contributed by atoms with Gasteiger partial charge in [0.25, 0.3) is 0 Å². The average Bonchev–Trinajstić information content (AvgIpc) is 3.48. The predicted molar refractivity (Wildman–Crippen MR) is 198 cm³/mol. The SMILES string of the molecule is C=P(c1ccccc1)(c1ccccc1)c1ccc(-c2ccc3c(c2)N(c2ccccc2)c2cccc4c5ccccc5n-3c24)nc1. The molecule has 0 radical (unpaired) electrons. The van der Waals surface area contributed by atoms with Crippen molar-refractivity contribution in [3.05, 3.63) is 170 Å². The lowest BCUT2D eigenvalue weighted by atomic mass is 10.0. The van der Waals surface area contributed by atoms with Crippen LogP contribution in [0.3, 0.4) is 0 Å². The topological polar surface area (TPSA) is 21.1 Å². The predicted octanol–water partition coefficient (Wildman–Crippen LogP) is 9.35. The molecule has 4 heteroatoms. The third-order valence-corrected chi connectivity index (χ3v) is 12.8. The van der Waals surface area contributed by atoms with Crippen LogP contribution in [-0.2, 0) is 0 Å². The van der Waals surface area contributed by atoms with Crippen molar-refractivity contribution in [2.75, 3.05) is 4.90 Å². The van der Waals surface area contributed by atoms with Crippen molar-refractivity contribution in [1.29, 1.82) is 0 Å². The molecule has 0 saturated heterocycles. The Bertz CT molecular complexity index is 2390. The lowest BCUT2D eigenvalue weighted by Gasteiger charge is -2.33. The van der Waals surface area contributed by atoms with Crippen LogP contribution < -0.4 is 20.8 Å². The Hall–Kier alpha value is -5.63. The van der Waals surface area contributed by atoms with Crippen molar-refractivity contribution in [3.8, 4) is 16.9 Å². The monoisotopic (exact) mass is 607 g/mol. The first-order valence-electron chi connectivity index (χ1n) is 15.6. The summed E-state index contributed by atoms with van der Waals surface area (Å²) in [7, 11) is 0. The molecule has 0 aliphatic carbocycles. The van der Waals surface area contributed by atoms with E-state index in [1.807, 2.05) is 6.20 Å². The Kier molecular flexibility index (Phi) is 6.09. The number of aromatic nitrogens is 2. The maximum Gasteiger partial charge on any atom is 0.0783 e. The molecule has 0 bridgehead atoms.